The van der Waals surface area contributed by atoms with Crippen molar-refractivity contribution in [3.63, 3.8) is 0 Å². The fourth-order valence-electron chi connectivity index (χ4n) is 4.47. The molecule has 3 fully saturated rings. The maximum absolute atomic E-state index is 6.72. The van der Waals surface area contributed by atoms with Crippen LogP contribution in [-0.4, -0.2) is 0 Å². The second kappa shape index (κ2) is 3.97. The van der Waals surface area contributed by atoms with Crippen molar-refractivity contribution in [1.29, 1.82) is 0 Å². The molecule has 0 aromatic carbocycles. The molecule has 0 aliphatic heterocycles. The van der Waals surface area contributed by atoms with Gasteiger partial charge in [0.2, 0.25) is 0 Å². The van der Waals surface area contributed by atoms with Crippen molar-refractivity contribution < 1.29 is 0 Å². The fraction of sp³-hybridized carbons (Fsp3) is 0.692. The zero-order chi connectivity index (χ0) is 11.7. The van der Waals surface area contributed by atoms with Crippen molar-refractivity contribution in [3.8, 4) is 0 Å². The monoisotopic (exact) mass is 394 g/mol. The second-order valence-corrected chi connectivity index (χ2v) is 9.46. The number of alkyl halides is 1. The van der Waals surface area contributed by atoms with Crippen LogP contribution in [-0.2, 0) is 0 Å². The van der Waals surface area contributed by atoms with Gasteiger partial charge in [-0.05, 0) is 86.8 Å². The Kier molecular flexibility index (Phi) is 2.75. The Bertz CT molecular complexity index is 436. The van der Waals surface area contributed by atoms with Gasteiger partial charge in [0.1, 0.15) is 0 Å². The zero-order valence-corrected chi connectivity index (χ0v) is 13.9. The number of hydrogen-bond acceptors (Lipinski definition) is 1. The number of fused-ring (bicyclic) bond motifs is 5. The topological polar surface area (TPSA) is 0 Å². The first kappa shape index (κ1) is 11.7. The van der Waals surface area contributed by atoms with Crippen molar-refractivity contribution in [3.05, 3.63) is 19.2 Å². The Morgan fingerprint density at radius 2 is 1.88 bits per heavy atom. The average molecular weight is 397 g/mol. The SMILES string of the molecule is ClC(c1cc(Br)c(Br)s1)C1C2C3CCC(C3)C21. The third-order valence-electron chi connectivity index (χ3n) is 5.07. The van der Waals surface area contributed by atoms with E-state index in [1.807, 2.05) is 0 Å². The first-order valence-corrected chi connectivity index (χ1v) is 9.09. The van der Waals surface area contributed by atoms with E-state index < -0.39 is 0 Å². The van der Waals surface area contributed by atoms with E-state index in [-0.39, 0.29) is 5.38 Å². The van der Waals surface area contributed by atoms with E-state index in [4.69, 9.17) is 11.6 Å². The van der Waals surface area contributed by atoms with Crippen LogP contribution in [0.3, 0.4) is 0 Å². The van der Waals surface area contributed by atoms with Gasteiger partial charge in [0.15, 0.2) is 0 Å². The van der Waals surface area contributed by atoms with Crippen LogP contribution in [0.4, 0.5) is 0 Å². The normalized spacial score (nSPS) is 43.8. The standard InChI is InChI=1S/C13H13Br2ClS/c14-7-4-8(17-13(7)15)12(16)11-9-5-1-2-6(3-5)10(9)11/h4-6,9-12H,1-3H2. The molecule has 3 aliphatic carbocycles. The first-order valence-electron chi connectivity index (χ1n) is 6.25. The molecular weight excluding hydrogens is 383 g/mol. The van der Waals surface area contributed by atoms with Gasteiger partial charge in [-0.15, -0.1) is 22.9 Å². The molecular formula is C13H13Br2ClS. The number of thiophene rings is 1. The van der Waals surface area contributed by atoms with Crippen molar-refractivity contribution in [2.75, 3.05) is 0 Å². The lowest BCUT2D eigenvalue weighted by atomic mass is 10.00. The summed E-state index contributed by atoms with van der Waals surface area (Å²) in [4.78, 5) is 1.34. The predicted molar refractivity (Wildman–Crippen MR) is 79.6 cm³/mol. The summed E-state index contributed by atoms with van der Waals surface area (Å²) in [5, 5.41) is 0.251. The van der Waals surface area contributed by atoms with E-state index >= 15 is 0 Å². The van der Waals surface area contributed by atoms with E-state index in [0.717, 1.165) is 34.1 Å². The molecule has 0 amide bonds. The molecule has 2 bridgehead atoms. The minimum Gasteiger partial charge on any atom is -0.130 e. The number of hydrogen-bond donors (Lipinski definition) is 0. The molecule has 4 heteroatoms. The summed E-state index contributed by atoms with van der Waals surface area (Å²) in [6.45, 7) is 0. The largest absolute Gasteiger partial charge is 0.130 e. The maximum Gasteiger partial charge on any atom is 0.0843 e. The van der Waals surface area contributed by atoms with Gasteiger partial charge in [0.25, 0.3) is 0 Å². The van der Waals surface area contributed by atoms with Crippen molar-refractivity contribution in [2.24, 2.45) is 29.6 Å². The predicted octanol–water partition coefficient (Wildman–Crippen LogP) is 5.85. The van der Waals surface area contributed by atoms with Crippen LogP contribution in [0.5, 0.6) is 0 Å². The lowest BCUT2D eigenvalue weighted by Crippen LogP contribution is -2.02. The van der Waals surface area contributed by atoms with Crippen LogP contribution in [0, 0.1) is 29.6 Å². The lowest BCUT2D eigenvalue weighted by Gasteiger charge is -2.12. The van der Waals surface area contributed by atoms with Crippen LogP contribution in [0.25, 0.3) is 0 Å². The third kappa shape index (κ3) is 1.65. The van der Waals surface area contributed by atoms with Gasteiger partial charge in [0.05, 0.1) is 9.16 Å². The Morgan fingerprint density at radius 1 is 1.24 bits per heavy atom. The fourth-order valence-corrected chi connectivity index (χ4v) is 7.13. The van der Waals surface area contributed by atoms with E-state index in [2.05, 4.69) is 37.9 Å². The molecule has 0 saturated heterocycles. The van der Waals surface area contributed by atoms with Gasteiger partial charge in [-0.3, -0.25) is 0 Å². The number of rotatable bonds is 2. The Balaban J connectivity index is 1.57. The Labute approximate surface area is 127 Å². The van der Waals surface area contributed by atoms with Gasteiger partial charge in [0, 0.05) is 9.35 Å². The molecule has 17 heavy (non-hydrogen) atoms. The van der Waals surface area contributed by atoms with E-state index in [1.165, 1.54) is 27.9 Å². The van der Waals surface area contributed by atoms with Crippen molar-refractivity contribution in [1.82, 2.24) is 0 Å². The van der Waals surface area contributed by atoms with Gasteiger partial charge in [-0.2, -0.15) is 0 Å². The molecule has 1 aromatic heterocycles. The van der Waals surface area contributed by atoms with Gasteiger partial charge < -0.3 is 0 Å². The molecule has 5 atom stereocenters. The summed E-state index contributed by atoms with van der Waals surface area (Å²) < 4.78 is 2.32. The highest BCUT2D eigenvalue weighted by Gasteiger charge is 2.66. The van der Waals surface area contributed by atoms with E-state index in [0.29, 0.717) is 0 Å². The molecule has 0 spiro atoms. The van der Waals surface area contributed by atoms with Gasteiger partial charge in [-0.25, -0.2) is 0 Å². The summed E-state index contributed by atoms with van der Waals surface area (Å²) in [6.07, 6.45) is 4.46. The molecule has 0 radical (unpaired) electrons. The first-order chi connectivity index (χ1) is 8.16. The molecule has 3 saturated carbocycles. The lowest BCUT2D eigenvalue weighted by molar-refractivity contribution is 0.456. The van der Waals surface area contributed by atoms with Gasteiger partial charge in [-0.1, -0.05) is 0 Å². The minimum absolute atomic E-state index is 0.251. The summed E-state index contributed by atoms with van der Waals surface area (Å²) in [6, 6.07) is 2.20. The molecule has 4 rings (SSSR count). The summed E-state index contributed by atoms with van der Waals surface area (Å²) in [5.74, 6) is 4.75. The minimum atomic E-state index is 0.251. The average Bonchev–Trinajstić information content (AvgIpc) is 2.60. The summed E-state index contributed by atoms with van der Waals surface area (Å²) >= 11 is 15.6. The van der Waals surface area contributed by atoms with Crippen LogP contribution in [0.2, 0.25) is 0 Å². The Hall–Kier alpha value is 0.950. The molecule has 5 unspecified atom stereocenters. The maximum atomic E-state index is 6.72. The molecule has 3 aliphatic rings. The number of halogens is 3. The van der Waals surface area contributed by atoms with Crippen LogP contribution < -0.4 is 0 Å². The second-order valence-electron chi connectivity index (χ2n) is 5.74. The quantitative estimate of drug-likeness (QED) is 0.551. The van der Waals surface area contributed by atoms with Gasteiger partial charge >= 0.3 is 0 Å². The molecule has 1 aromatic rings. The molecule has 0 nitrogen and oxygen atoms in total. The van der Waals surface area contributed by atoms with Crippen molar-refractivity contribution >= 4 is 54.8 Å². The highest BCUT2D eigenvalue weighted by molar-refractivity contribution is 9.13. The van der Waals surface area contributed by atoms with Crippen LogP contribution in [0.15, 0.2) is 14.3 Å². The third-order valence-corrected chi connectivity index (χ3v) is 9.06. The highest BCUT2D eigenvalue weighted by Crippen LogP contribution is 2.73. The summed E-state index contributed by atoms with van der Waals surface area (Å²) in [7, 11) is 0. The molecule has 92 valence electrons. The van der Waals surface area contributed by atoms with E-state index in [1.54, 1.807) is 11.3 Å². The zero-order valence-electron chi connectivity index (χ0n) is 9.20. The highest BCUT2D eigenvalue weighted by atomic mass is 79.9. The van der Waals surface area contributed by atoms with Crippen LogP contribution >= 0.6 is 54.8 Å². The van der Waals surface area contributed by atoms with Crippen LogP contribution in [0.1, 0.15) is 29.5 Å². The smallest absolute Gasteiger partial charge is 0.0843 e. The molecule has 0 N–H and O–H groups in total. The van der Waals surface area contributed by atoms with Crippen molar-refractivity contribution in [2.45, 2.75) is 24.6 Å². The summed E-state index contributed by atoms with van der Waals surface area (Å²) in [5.41, 5.74) is 0. The molecule has 1 heterocycles. The Morgan fingerprint density at radius 3 is 2.41 bits per heavy atom. The van der Waals surface area contributed by atoms with E-state index in [9.17, 15) is 0 Å².